The lowest BCUT2D eigenvalue weighted by Crippen LogP contribution is -2.06. The van der Waals surface area contributed by atoms with Crippen molar-refractivity contribution in [1.29, 1.82) is 0 Å². The normalized spacial score (nSPS) is 14.5. The van der Waals surface area contributed by atoms with E-state index in [-0.39, 0.29) is 13.0 Å². The Labute approximate surface area is 186 Å². The molecule has 0 radical (unpaired) electrons. The van der Waals surface area contributed by atoms with Gasteiger partial charge in [0.25, 0.3) is 0 Å². The second-order valence-electron chi connectivity index (χ2n) is 8.59. The Morgan fingerprint density at radius 2 is 1.74 bits per heavy atom. The molecule has 0 aliphatic carbocycles. The van der Waals surface area contributed by atoms with Crippen LogP contribution in [-0.2, 0) is 15.7 Å². The van der Waals surface area contributed by atoms with Gasteiger partial charge in [0, 0.05) is 13.3 Å². The van der Waals surface area contributed by atoms with E-state index < -0.39 is 13.2 Å². The highest BCUT2D eigenvalue weighted by Crippen LogP contribution is 2.54. The molecular formula is C25H37O5P. The minimum Gasteiger partial charge on any atom is -0.467 e. The first-order chi connectivity index (χ1) is 14.6. The first-order valence-corrected chi connectivity index (χ1v) is 12.9. The molecule has 0 aromatic heterocycles. The third kappa shape index (κ3) is 6.66. The minimum absolute atomic E-state index is 0.139. The topological polar surface area (TPSA) is 76.0 Å². The zero-order chi connectivity index (χ0) is 23.2. The highest BCUT2D eigenvalue weighted by Gasteiger charge is 2.30. The van der Waals surface area contributed by atoms with Gasteiger partial charge in [-0.15, -0.1) is 0 Å². The van der Waals surface area contributed by atoms with Crippen molar-refractivity contribution in [1.82, 2.24) is 0 Å². The highest BCUT2D eigenvalue weighted by molar-refractivity contribution is 7.58. The van der Waals surface area contributed by atoms with Gasteiger partial charge in [0.05, 0.1) is 0 Å². The second-order valence-corrected chi connectivity index (χ2v) is 11.0. The van der Waals surface area contributed by atoms with Gasteiger partial charge in [-0.3, -0.25) is 4.57 Å². The number of hydrogen-bond acceptors (Lipinski definition) is 4. The molecular weight excluding hydrogens is 411 g/mol. The summed E-state index contributed by atoms with van der Waals surface area (Å²) >= 11 is 0. The van der Waals surface area contributed by atoms with Gasteiger partial charge in [0.1, 0.15) is 5.75 Å². The second kappa shape index (κ2) is 11.3. The number of rotatable bonds is 11. The molecule has 172 valence electrons. The van der Waals surface area contributed by atoms with E-state index in [2.05, 4.69) is 26.0 Å². The van der Waals surface area contributed by atoms with Crippen LogP contribution < -0.4 is 4.74 Å². The molecule has 2 atom stereocenters. The molecule has 0 aliphatic rings. The molecule has 0 saturated carbocycles. The summed E-state index contributed by atoms with van der Waals surface area (Å²) in [7, 11) is -2.04. The van der Waals surface area contributed by atoms with Crippen LogP contribution in [0.3, 0.4) is 0 Å². The van der Waals surface area contributed by atoms with Crippen LogP contribution in [0.4, 0.5) is 0 Å². The zero-order valence-electron chi connectivity index (χ0n) is 19.6. The van der Waals surface area contributed by atoms with Crippen LogP contribution in [0.5, 0.6) is 5.75 Å². The van der Waals surface area contributed by atoms with Gasteiger partial charge in [-0.25, -0.2) is 0 Å². The Bertz CT molecular complexity index is 899. The van der Waals surface area contributed by atoms with Crippen molar-refractivity contribution in [2.75, 3.05) is 20.1 Å². The summed E-state index contributed by atoms with van der Waals surface area (Å²) in [6.45, 7) is 10.4. The molecule has 0 amide bonds. The fraction of sp³-hybridized carbons (Fsp3) is 0.520. The van der Waals surface area contributed by atoms with E-state index in [1.54, 1.807) is 7.11 Å². The molecule has 2 aromatic rings. The van der Waals surface area contributed by atoms with E-state index in [0.717, 1.165) is 40.8 Å². The standard InChI is InChI=1S/C25H37O5P/c1-7-8-11-31(27,28)25(26)21-12-18(4)23(19(5)13-21)15-20-9-10-24(30-16-29-6)22(14-20)17(2)3/h9-10,12-14,17,25-26H,7-8,11,15-16H2,1-6H3,(H,27,28). The van der Waals surface area contributed by atoms with Crippen LogP contribution in [0.15, 0.2) is 30.3 Å². The maximum atomic E-state index is 12.6. The Kier molecular flexibility index (Phi) is 9.32. The van der Waals surface area contributed by atoms with Crippen LogP contribution in [0.25, 0.3) is 0 Å². The molecule has 0 heterocycles. The lowest BCUT2D eigenvalue weighted by atomic mass is 9.92. The van der Waals surface area contributed by atoms with Crippen LogP contribution >= 0.6 is 7.37 Å². The fourth-order valence-corrected chi connectivity index (χ4v) is 5.44. The van der Waals surface area contributed by atoms with Gasteiger partial charge >= 0.3 is 0 Å². The van der Waals surface area contributed by atoms with Crippen LogP contribution in [0.2, 0.25) is 0 Å². The van der Waals surface area contributed by atoms with E-state index >= 15 is 0 Å². The quantitative estimate of drug-likeness (QED) is 0.323. The highest BCUT2D eigenvalue weighted by atomic mass is 31.2. The summed E-state index contributed by atoms with van der Waals surface area (Å²) in [5.74, 6) is -0.193. The molecule has 2 unspecified atom stereocenters. The van der Waals surface area contributed by atoms with E-state index in [9.17, 15) is 14.6 Å². The van der Waals surface area contributed by atoms with Gasteiger partial charge in [-0.1, -0.05) is 51.5 Å². The van der Waals surface area contributed by atoms with E-state index in [1.807, 2.05) is 39.0 Å². The summed E-state index contributed by atoms with van der Waals surface area (Å²) in [6.07, 6.45) is 2.33. The first kappa shape index (κ1) is 25.6. The molecule has 0 fully saturated rings. The number of aliphatic hydroxyl groups is 1. The van der Waals surface area contributed by atoms with E-state index in [4.69, 9.17) is 9.47 Å². The van der Waals surface area contributed by atoms with Gasteiger partial charge in [0.2, 0.25) is 7.37 Å². The molecule has 0 aliphatic heterocycles. The Morgan fingerprint density at radius 1 is 1.10 bits per heavy atom. The summed E-state index contributed by atoms with van der Waals surface area (Å²) in [4.78, 5) is 10.3. The maximum absolute atomic E-state index is 12.6. The fourth-order valence-electron chi connectivity index (χ4n) is 3.81. The summed E-state index contributed by atoms with van der Waals surface area (Å²) in [5, 5.41) is 10.6. The third-order valence-corrected chi connectivity index (χ3v) is 7.66. The number of aryl methyl sites for hydroxylation is 2. The van der Waals surface area contributed by atoms with Crippen LogP contribution in [-0.4, -0.2) is 30.1 Å². The summed E-state index contributed by atoms with van der Waals surface area (Å²) in [5.41, 5.74) is 6.01. The molecule has 0 saturated heterocycles. The Balaban J connectivity index is 2.31. The molecule has 6 heteroatoms. The molecule has 0 spiro atoms. The Morgan fingerprint density at radius 3 is 2.29 bits per heavy atom. The van der Waals surface area contributed by atoms with Crippen molar-refractivity contribution in [3.05, 3.63) is 63.7 Å². The van der Waals surface area contributed by atoms with Crippen LogP contribution in [0, 0.1) is 13.8 Å². The monoisotopic (exact) mass is 448 g/mol. The van der Waals surface area contributed by atoms with Gasteiger partial charge in [-0.2, -0.15) is 0 Å². The van der Waals surface area contributed by atoms with Crippen molar-refractivity contribution in [2.24, 2.45) is 0 Å². The molecule has 0 bridgehead atoms. The summed E-state index contributed by atoms with van der Waals surface area (Å²) in [6, 6.07) is 9.92. The van der Waals surface area contributed by atoms with Crippen molar-refractivity contribution in [3.63, 3.8) is 0 Å². The number of benzene rings is 2. The molecule has 31 heavy (non-hydrogen) atoms. The maximum Gasteiger partial charge on any atom is 0.232 e. The number of unbranched alkanes of at least 4 members (excludes halogenated alkanes) is 1. The lowest BCUT2D eigenvalue weighted by Gasteiger charge is -2.21. The third-order valence-electron chi connectivity index (χ3n) is 5.64. The molecule has 2 aromatic carbocycles. The number of hydrogen-bond donors (Lipinski definition) is 2. The zero-order valence-corrected chi connectivity index (χ0v) is 20.5. The van der Waals surface area contributed by atoms with Crippen molar-refractivity contribution in [3.8, 4) is 5.75 Å². The molecule has 2 rings (SSSR count). The van der Waals surface area contributed by atoms with E-state index in [0.29, 0.717) is 17.9 Å². The first-order valence-electron chi connectivity index (χ1n) is 10.9. The summed E-state index contributed by atoms with van der Waals surface area (Å²) < 4.78 is 23.3. The number of aliphatic hydroxyl groups excluding tert-OH is 1. The number of methoxy groups -OCH3 is 1. The average Bonchev–Trinajstić information content (AvgIpc) is 2.72. The van der Waals surface area contributed by atoms with Crippen molar-refractivity contribution >= 4 is 7.37 Å². The number of ether oxygens (including phenoxy) is 2. The average molecular weight is 449 g/mol. The predicted octanol–water partition coefficient (Wildman–Crippen LogP) is 6.06. The molecule has 2 N–H and O–H groups in total. The molecule has 5 nitrogen and oxygen atoms in total. The van der Waals surface area contributed by atoms with Gasteiger partial charge in [0.15, 0.2) is 12.6 Å². The predicted molar refractivity (Wildman–Crippen MR) is 126 cm³/mol. The van der Waals surface area contributed by atoms with Crippen molar-refractivity contribution in [2.45, 2.75) is 65.6 Å². The minimum atomic E-state index is -3.64. The largest absolute Gasteiger partial charge is 0.467 e. The van der Waals surface area contributed by atoms with Gasteiger partial charge in [-0.05, 0) is 72.1 Å². The van der Waals surface area contributed by atoms with Gasteiger partial charge < -0.3 is 19.5 Å². The SMILES string of the molecule is CCCCP(=O)(O)C(O)c1cc(C)c(Cc2ccc(OCOC)c(C(C)C)c2)c(C)c1. The smallest absolute Gasteiger partial charge is 0.232 e. The lowest BCUT2D eigenvalue weighted by molar-refractivity contribution is 0.0502. The van der Waals surface area contributed by atoms with E-state index in [1.165, 1.54) is 5.56 Å². The Hall–Kier alpha value is -1.65. The van der Waals surface area contributed by atoms with Crippen LogP contribution in [0.1, 0.15) is 78.8 Å². The van der Waals surface area contributed by atoms with Crippen molar-refractivity contribution < 1.29 is 24.0 Å².